The lowest BCUT2D eigenvalue weighted by Gasteiger charge is -2.03. The van der Waals surface area contributed by atoms with Crippen molar-refractivity contribution >= 4 is 48.9 Å². The first kappa shape index (κ1) is 12.8. The van der Waals surface area contributed by atoms with Gasteiger partial charge in [-0.2, -0.15) is 5.26 Å². The van der Waals surface area contributed by atoms with E-state index >= 15 is 0 Å². The Morgan fingerprint density at radius 2 is 1.36 bits per heavy atom. The fraction of sp³-hybridized carbons (Fsp3) is 0. The Kier molecular flexibility index (Phi) is 2.19. The Balaban J connectivity index is 2.04. The summed E-state index contributed by atoms with van der Waals surface area (Å²) in [6, 6.07) is 27.7. The molecule has 25 heavy (non-hydrogen) atoms. The lowest BCUT2D eigenvalue weighted by molar-refractivity contribution is 1.38. The smallest absolute Gasteiger partial charge is 0.0991 e. The fourth-order valence-electron chi connectivity index (χ4n) is 4.30. The third-order valence-electron chi connectivity index (χ3n) is 5.33. The van der Waals surface area contributed by atoms with Crippen molar-refractivity contribution in [2.45, 2.75) is 0 Å². The molecule has 0 spiro atoms. The summed E-state index contributed by atoms with van der Waals surface area (Å²) in [6.07, 6.45) is 0. The zero-order valence-electron chi connectivity index (χ0n) is 13.3. The van der Waals surface area contributed by atoms with Crippen LogP contribution in [0.1, 0.15) is 5.56 Å². The van der Waals surface area contributed by atoms with Crippen LogP contribution in [0.2, 0.25) is 0 Å². The molecule has 114 valence electrons. The molecule has 0 bridgehead atoms. The van der Waals surface area contributed by atoms with Crippen LogP contribution in [0, 0.1) is 11.3 Å². The summed E-state index contributed by atoms with van der Waals surface area (Å²) < 4.78 is 2.37. The lowest BCUT2D eigenvalue weighted by Crippen LogP contribution is -1.83. The molecule has 0 fully saturated rings. The highest BCUT2D eigenvalue weighted by Gasteiger charge is 2.18. The highest BCUT2D eigenvalue weighted by Crippen LogP contribution is 2.41. The Morgan fingerprint density at radius 3 is 2.24 bits per heavy atom. The minimum atomic E-state index is 0.704. The monoisotopic (exact) mass is 316 g/mol. The maximum Gasteiger partial charge on any atom is 0.0991 e. The minimum Gasteiger partial charge on any atom is -0.307 e. The van der Waals surface area contributed by atoms with Crippen LogP contribution in [0.5, 0.6) is 0 Å². The molecular formula is C23H12N2. The van der Waals surface area contributed by atoms with Crippen molar-refractivity contribution in [1.29, 1.82) is 5.26 Å². The lowest BCUT2D eigenvalue weighted by atomic mass is 10.0. The van der Waals surface area contributed by atoms with Crippen LogP contribution in [-0.4, -0.2) is 4.40 Å². The van der Waals surface area contributed by atoms with Gasteiger partial charge in [0, 0.05) is 26.9 Å². The first-order valence-corrected chi connectivity index (χ1v) is 8.36. The summed E-state index contributed by atoms with van der Waals surface area (Å²) in [6.45, 7) is 0. The summed E-state index contributed by atoms with van der Waals surface area (Å²) >= 11 is 0. The minimum absolute atomic E-state index is 0.704. The molecule has 0 amide bonds. The first-order chi connectivity index (χ1) is 12.4. The second kappa shape index (κ2) is 4.28. The Bertz CT molecular complexity index is 1500. The fourth-order valence-corrected chi connectivity index (χ4v) is 4.30. The van der Waals surface area contributed by atoms with E-state index in [1.54, 1.807) is 0 Å². The van der Waals surface area contributed by atoms with Gasteiger partial charge in [-0.1, -0.05) is 54.6 Å². The molecule has 0 saturated carbocycles. The third kappa shape index (κ3) is 1.44. The zero-order chi connectivity index (χ0) is 16.5. The summed E-state index contributed by atoms with van der Waals surface area (Å²) in [7, 11) is 0. The van der Waals surface area contributed by atoms with E-state index in [1.165, 1.54) is 38.0 Å². The molecule has 0 saturated heterocycles. The predicted octanol–water partition coefficient (Wildman–Crippen LogP) is 5.86. The third-order valence-corrected chi connectivity index (χ3v) is 5.33. The van der Waals surface area contributed by atoms with Gasteiger partial charge in [-0.15, -0.1) is 0 Å². The van der Waals surface area contributed by atoms with E-state index in [2.05, 4.69) is 71.1 Å². The Morgan fingerprint density at radius 1 is 0.640 bits per heavy atom. The molecule has 2 aromatic heterocycles. The number of fused-ring (bicyclic) bond motifs is 8. The molecule has 0 N–H and O–H groups in total. The number of rotatable bonds is 0. The highest BCUT2D eigenvalue weighted by molar-refractivity contribution is 6.27. The zero-order valence-corrected chi connectivity index (χ0v) is 13.3. The average Bonchev–Trinajstić information content (AvgIpc) is 3.19. The van der Waals surface area contributed by atoms with Gasteiger partial charge in [-0.25, -0.2) is 0 Å². The van der Waals surface area contributed by atoms with Crippen molar-refractivity contribution in [3.05, 3.63) is 78.4 Å². The number of hydrogen-bond donors (Lipinski definition) is 0. The molecule has 6 aromatic rings. The second-order valence-corrected chi connectivity index (χ2v) is 6.56. The molecule has 2 heteroatoms. The number of aromatic nitrogens is 1. The van der Waals surface area contributed by atoms with Gasteiger partial charge >= 0.3 is 0 Å². The van der Waals surface area contributed by atoms with E-state index < -0.39 is 0 Å². The van der Waals surface area contributed by atoms with Crippen LogP contribution in [0.3, 0.4) is 0 Å². The maximum atomic E-state index is 9.29. The molecule has 4 aromatic carbocycles. The van der Waals surface area contributed by atoms with Gasteiger partial charge in [0.15, 0.2) is 0 Å². The standard InChI is InChI=1S/C23H12N2/c24-13-14-8-11-21-20(12-14)18-7-3-6-17-19-10-9-15-4-1-2-5-16(15)22(19)25(21)23(17)18/h1-12H. The molecule has 0 aliphatic rings. The summed E-state index contributed by atoms with van der Waals surface area (Å²) in [4.78, 5) is 0. The molecule has 2 nitrogen and oxygen atoms in total. The van der Waals surface area contributed by atoms with Crippen LogP contribution in [0.15, 0.2) is 72.8 Å². The van der Waals surface area contributed by atoms with Gasteiger partial charge in [-0.3, -0.25) is 0 Å². The number of nitriles is 1. The van der Waals surface area contributed by atoms with E-state index in [4.69, 9.17) is 0 Å². The molecular weight excluding hydrogens is 304 g/mol. The van der Waals surface area contributed by atoms with E-state index in [1.807, 2.05) is 12.1 Å². The molecule has 2 heterocycles. The average molecular weight is 316 g/mol. The largest absolute Gasteiger partial charge is 0.307 e. The van der Waals surface area contributed by atoms with Gasteiger partial charge in [0.05, 0.1) is 28.2 Å². The molecule has 0 atom stereocenters. The van der Waals surface area contributed by atoms with E-state index in [0.29, 0.717) is 5.56 Å². The number of benzene rings is 4. The number of hydrogen-bond acceptors (Lipinski definition) is 1. The van der Waals surface area contributed by atoms with Crippen LogP contribution in [0.4, 0.5) is 0 Å². The van der Waals surface area contributed by atoms with Gasteiger partial charge < -0.3 is 4.40 Å². The quantitative estimate of drug-likeness (QED) is 0.345. The Labute approximate surface area is 143 Å². The van der Waals surface area contributed by atoms with E-state index in [-0.39, 0.29) is 0 Å². The van der Waals surface area contributed by atoms with Crippen LogP contribution in [0.25, 0.3) is 48.9 Å². The van der Waals surface area contributed by atoms with E-state index in [9.17, 15) is 5.26 Å². The predicted molar refractivity (Wildman–Crippen MR) is 103 cm³/mol. The van der Waals surface area contributed by atoms with Gasteiger partial charge in [0.25, 0.3) is 0 Å². The van der Waals surface area contributed by atoms with Crippen molar-refractivity contribution in [1.82, 2.24) is 4.40 Å². The maximum absolute atomic E-state index is 9.29. The number of nitrogens with zero attached hydrogens (tertiary/aromatic N) is 2. The number of para-hydroxylation sites is 1. The second-order valence-electron chi connectivity index (χ2n) is 6.56. The molecule has 0 unspecified atom stereocenters. The topological polar surface area (TPSA) is 28.2 Å². The van der Waals surface area contributed by atoms with Gasteiger partial charge in [0.1, 0.15) is 0 Å². The van der Waals surface area contributed by atoms with E-state index in [0.717, 1.165) is 10.9 Å². The Hall–Kier alpha value is -3.57. The van der Waals surface area contributed by atoms with Crippen molar-refractivity contribution in [3.8, 4) is 6.07 Å². The molecule has 6 rings (SSSR count). The molecule has 0 radical (unpaired) electrons. The van der Waals surface area contributed by atoms with Crippen LogP contribution >= 0.6 is 0 Å². The summed E-state index contributed by atoms with van der Waals surface area (Å²) in [5.74, 6) is 0. The van der Waals surface area contributed by atoms with Gasteiger partial charge in [0.2, 0.25) is 0 Å². The summed E-state index contributed by atoms with van der Waals surface area (Å²) in [5, 5.41) is 16.7. The van der Waals surface area contributed by atoms with Crippen LogP contribution in [-0.2, 0) is 0 Å². The molecule has 0 aliphatic heterocycles. The SMILES string of the molecule is N#Cc1ccc2c(c1)c1cccc3c4ccc5ccccc5c4n2c13. The molecule has 0 aliphatic carbocycles. The highest BCUT2D eigenvalue weighted by atomic mass is 14.9. The van der Waals surface area contributed by atoms with Crippen molar-refractivity contribution in [3.63, 3.8) is 0 Å². The van der Waals surface area contributed by atoms with Gasteiger partial charge in [-0.05, 0) is 23.6 Å². The van der Waals surface area contributed by atoms with Crippen molar-refractivity contribution in [2.75, 3.05) is 0 Å². The summed E-state index contributed by atoms with van der Waals surface area (Å²) in [5.41, 5.74) is 4.37. The van der Waals surface area contributed by atoms with Crippen molar-refractivity contribution in [2.24, 2.45) is 0 Å². The van der Waals surface area contributed by atoms with Crippen molar-refractivity contribution < 1.29 is 0 Å². The first-order valence-electron chi connectivity index (χ1n) is 8.36. The van der Waals surface area contributed by atoms with Crippen LogP contribution < -0.4 is 0 Å². The normalized spacial score (nSPS) is 12.0.